The van der Waals surface area contributed by atoms with Crippen molar-refractivity contribution in [2.24, 2.45) is 0 Å². The minimum atomic E-state index is -0.511. The zero-order valence-corrected chi connectivity index (χ0v) is 14.7. The van der Waals surface area contributed by atoms with Gasteiger partial charge in [-0.1, -0.05) is 12.1 Å². The number of fused-ring (bicyclic) bond motifs is 1. The number of amides is 2. The lowest BCUT2D eigenvalue weighted by molar-refractivity contribution is 0.0946. The molecule has 0 saturated carbocycles. The van der Waals surface area contributed by atoms with Gasteiger partial charge in [0.2, 0.25) is 0 Å². The average Bonchev–Trinajstić information content (AvgIpc) is 3.14. The smallest absolute Gasteiger partial charge is 0.411 e. The molecular formula is C20H18N4O3. The summed E-state index contributed by atoms with van der Waals surface area (Å²) in [5.41, 5.74) is 5.88. The Morgan fingerprint density at radius 3 is 2.70 bits per heavy atom. The lowest BCUT2D eigenvalue weighted by Crippen LogP contribution is -2.31. The molecule has 7 nitrogen and oxygen atoms in total. The number of benzene rings is 1. The molecule has 27 heavy (non-hydrogen) atoms. The molecule has 0 aliphatic carbocycles. The average molecular weight is 362 g/mol. The fraction of sp³-hybridized carbons (Fsp3) is 0.150. The van der Waals surface area contributed by atoms with Crippen LogP contribution in [0.2, 0.25) is 0 Å². The van der Waals surface area contributed by atoms with Gasteiger partial charge in [0, 0.05) is 47.4 Å². The zero-order valence-electron chi connectivity index (χ0n) is 14.7. The van der Waals surface area contributed by atoms with Crippen LogP contribution in [0.25, 0.3) is 22.5 Å². The Balaban J connectivity index is 1.61. The highest BCUT2D eigenvalue weighted by atomic mass is 16.5. The molecule has 136 valence electrons. The molecule has 7 heteroatoms. The van der Waals surface area contributed by atoms with Crippen molar-refractivity contribution in [1.29, 1.82) is 0 Å². The molecule has 3 N–H and O–H groups in total. The summed E-state index contributed by atoms with van der Waals surface area (Å²) in [5.74, 6) is -0.0401. The van der Waals surface area contributed by atoms with E-state index in [1.807, 2.05) is 30.3 Å². The SMILES string of the molecule is COC(=O)Nc1ccc(-c2cc(-c3cc4c([nH]3)CCNC4=O)ccn2)cc1. The quantitative estimate of drug-likeness (QED) is 0.667. The van der Waals surface area contributed by atoms with E-state index in [0.29, 0.717) is 17.8 Å². The van der Waals surface area contributed by atoms with Gasteiger partial charge >= 0.3 is 6.09 Å². The first-order chi connectivity index (χ1) is 13.1. The van der Waals surface area contributed by atoms with E-state index in [1.54, 1.807) is 18.3 Å². The number of anilines is 1. The van der Waals surface area contributed by atoms with Crippen LogP contribution < -0.4 is 10.6 Å². The van der Waals surface area contributed by atoms with E-state index in [1.165, 1.54) is 7.11 Å². The second-order valence-corrected chi connectivity index (χ2v) is 6.20. The minimum absolute atomic E-state index is 0.0401. The molecule has 1 aliphatic rings. The molecular weight excluding hydrogens is 344 g/mol. The molecule has 3 aromatic rings. The van der Waals surface area contributed by atoms with E-state index in [2.05, 4.69) is 25.3 Å². The topological polar surface area (TPSA) is 96.1 Å². The van der Waals surface area contributed by atoms with E-state index < -0.39 is 6.09 Å². The van der Waals surface area contributed by atoms with Crippen molar-refractivity contribution in [3.05, 3.63) is 59.9 Å². The summed E-state index contributed by atoms with van der Waals surface area (Å²) < 4.78 is 4.58. The van der Waals surface area contributed by atoms with Gasteiger partial charge in [0.15, 0.2) is 0 Å². The van der Waals surface area contributed by atoms with Crippen LogP contribution in [0.1, 0.15) is 16.1 Å². The largest absolute Gasteiger partial charge is 0.453 e. The number of nitrogens with zero attached hydrogens (tertiary/aromatic N) is 1. The van der Waals surface area contributed by atoms with Gasteiger partial charge in [0.25, 0.3) is 5.91 Å². The highest BCUT2D eigenvalue weighted by Crippen LogP contribution is 2.27. The lowest BCUT2D eigenvalue weighted by atomic mass is 10.1. The highest BCUT2D eigenvalue weighted by molar-refractivity contribution is 5.97. The third-order valence-corrected chi connectivity index (χ3v) is 4.49. The summed E-state index contributed by atoms with van der Waals surface area (Å²) in [4.78, 5) is 31.0. The molecule has 1 aromatic carbocycles. The summed E-state index contributed by atoms with van der Waals surface area (Å²) >= 11 is 0. The second-order valence-electron chi connectivity index (χ2n) is 6.20. The number of nitrogens with one attached hydrogen (secondary N) is 3. The maximum atomic E-state index is 12.0. The maximum absolute atomic E-state index is 12.0. The van der Waals surface area contributed by atoms with Gasteiger partial charge in [-0.25, -0.2) is 4.79 Å². The van der Waals surface area contributed by atoms with Crippen LogP contribution in [0.4, 0.5) is 10.5 Å². The molecule has 0 fully saturated rings. The molecule has 0 radical (unpaired) electrons. The number of ether oxygens (including phenoxy) is 1. The number of aromatic nitrogens is 2. The van der Waals surface area contributed by atoms with Gasteiger partial charge in [-0.3, -0.25) is 15.1 Å². The molecule has 4 rings (SSSR count). The number of pyridine rings is 1. The van der Waals surface area contributed by atoms with E-state index in [9.17, 15) is 9.59 Å². The van der Waals surface area contributed by atoms with E-state index in [4.69, 9.17) is 0 Å². The predicted octanol–water partition coefficient (Wildman–Crippen LogP) is 3.21. The Kier molecular flexibility index (Phi) is 4.33. The Hall–Kier alpha value is -3.61. The van der Waals surface area contributed by atoms with Crippen LogP contribution >= 0.6 is 0 Å². The number of rotatable bonds is 3. The molecule has 0 bridgehead atoms. The van der Waals surface area contributed by atoms with E-state index >= 15 is 0 Å². The fourth-order valence-electron chi connectivity index (χ4n) is 3.10. The van der Waals surface area contributed by atoms with Crippen LogP contribution in [0.15, 0.2) is 48.7 Å². The van der Waals surface area contributed by atoms with Gasteiger partial charge in [0.1, 0.15) is 0 Å². The molecule has 0 spiro atoms. The number of carbonyl (C=O) groups excluding carboxylic acids is 2. The van der Waals surface area contributed by atoms with Gasteiger partial charge in [-0.15, -0.1) is 0 Å². The second kappa shape index (κ2) is 6.95. The molecule has 2 amide bonds. The van der Waals surface area contributed by atoms with Crippen molar-refractivity contribution in [3.8, 4) is 22.5 Å². The van der Waals surface area contributed by atoms with Crippen LogP contribution in [-0.2, 0) is 11.2 Å². The van der Waals surface area contributed by atoms with Crippen LogP contribution in [0, 0.1) is 0 Å². The first-order valence-corrected chi connectivity index (χ1v) is 8.56. The molecule has 0 atom stereocenters. The molecule has 0 saturated heterocycles. The normalized spacial score (nSPS) is 12.9. The number of H-pyrrole nitrogens is 1. The summed E-state index contributed by atoms with van der Waals surface area (Å²) in [5, 5.41) is 5.47. The van der Waals surface area contributed by atoms with E-state index in [0.717, 1.165) is 34.6 Å². The van der Waals surface area contributed by atoms with Gasteiger partial charge in [0.05, 0.1) is 18.4 Å². The Morgan fingerprint density at radius 1 is 1.15 bits per heavy atom. The number of methoxy groups -OCH3 is 1. The first-order valence-electron chi connectivity index (χ1n) is 8.56. The summed E-state index contributed by atoms with van der Waals surface area (Å²) in [6, 6.07) is 13.1. The molecule has 2 aromatic heterocycles. The number of carbonyl (C=O) groups is 2. The maximum Gasteiger partial charge on any atom is 0.411 e. The van der Waals surface area contributed by atoms with Crippen molar-refractivity contribution >= 4 is 17.7 Å². The lowest BCUT2D eigenvalue weighted by Gasteiger charge is -2.11. The van der Waals surface area contributed by atoms with Crippen molar-refractivity contribution < 1.29 is 14.3 Å². The van der Waals surface area contributed by atoms with Gasteiger partial charge < -0.3 is 15.0 Å². The van der Waals surface area contributed by atoms with Crippen LogP contribution in [0.5, 0.6) is 0 Å². The summed E-state index contributed by atoms with van der Waals surface area (Å²) in [7, 11) is 1.32. The molecule has 3 heterocycles. The standard InChI is InChI=1S/C20H18N4O3/c1-27-20(26)23-14-4-2-12(3-5-14)17-10-13(6-8-21-17)18-11-15-16(24-18)7-9-22-19(15)25/h2-6,8,10-11,24H,7,9H2,1H3,(H,22,25)(H,23,26). The van der Waals surface area contributed by atoms with Crippen molar-refractivity contribution in [2.75, 3.05) is 19.0 Å². The summed E-state index contributed by atoms with van der Waals surface area (Å²) in [6.07, 6.45) is 2.03. The predicted molar refractivity (Wildman–Crippen MR) is 102 cm³/mol. The van der Waals surface area contributed by atoms with Gasteiger partial charge in [-0.05, 0) is 30.3 Å². The van der Waals surface area contributed by atoms with Crippen LogP contribution in [0.3, 0.4) is 0 Å². The molecule has 0 unspecified atom stereocenters. The first kappa shape index (κ1) is 16.8. The number of aromatic amines is 1. The monoisotopic (exact) mass is 362 g/mol. The van der Waals surface area contributed by atoms with Crippen LogP contribution in [-0.4, -0.2) is 35.6 Å². The number of hydrogen-bond acceptors (Lipinski definition) is 4. The third kappa shape index (κ3) is 3.39. The Morgan fingerprint density at radius 2 is 1.96 bits per heavy atom. The zero-order chi connectivity index (χ0) is 18.8. The fourth-order valence-corrected chi connectivity index (χ4v) is 3.10. The Labute approximate surface area is 155 Å². The summed E-state index contributed by atoms with van der Waals surface area (Å²) in [6.45, 7) is 0.652. The third-order valence-electron chi connectivity index (χ3n) is 4.49. The highest BCUT2D eigenvalue weighted by Gasteiger charge is 2.20. The minimum Gasteiger partial charge on any atom is -0.453 e. The number of hydrogen-bond donors (Lipinski definition) is 3. The van der Waals surface area contributed by atoms with Crippen molar-refractivity contribution in [2.45, 2.75) is 6.42 Å². The molecule has 1 aliphatic heterocycles. The van der Waals surface area contributed by atoms with E-state index in [-0.39, 0.29) is 5.91 Å². The van der Waals surface area contributed by atoms with Crippen molar-refractivity contribution in [3.63, 3.8) is 0 Å². The van der Waals surface area contributed by atoms with Gasteiger partial charge in [-0.2, -0.15) is 0 Å². The Bertz CT molecular complexity index is 1010. The van der Waals surface area contributed by atoms with Crippen molar-refractivity contribution in [1.82, 2.24) is 15.3 Å².